The molecular weight excluding hydrogens is 320 g/mol. The van der Waals surface area contributed by atoms with Crippen LogP contribution >= 0.6 is 0 Å². The largest absolute Gasteiger partial charge is 0.388 e. The summed E-state index contributed by atoms with van der Waals surface area (Å²) < 4.78 is 1.54. The Morgan fingerprint density at radius 3 is 2.76 bits per heavy atom. The second-order valence-corrected chi connectivity index (χ2v) is 6.29. The van der Waals surface area contributed by atoms with Crippen LogP contribution in [0.2, 0.25) is 0 Å². The smallest absolute Gasteiger partial charge is 0.255 e. The number of pyridine rings is 1. The van der Waals surface area contributed by atoms with E-state index in [0.717, 1.165) is 0 Å². The Bertz CT molecular complexity index is 911. The third-order valence-corrected chi connectivity index (χ3v) is 4.79. The number of aromatic nitrogens is 3. The average molecular weight is 338 g/mol. The topological polar surface area (TPSA) is 91.0 Å². The van der Waals surface area contributed by atoms with E-state index in [1.165, 1.54) is 10.8 Å². The Kier molecular flexibility index (Phi) is 3.74. The number of rotatable bonds is 2. The van der Waals surface area contributed by atoms with E-state index in [0.29, 0.717) is 23.3 Å². The molecule has 1 saturated heterocycles. The molecule has 0 spiro atoms. The van der Waals surface area contributed by atoms with E-state index in [1.807, 2.05) is 18.2 Å². The summed E-state index contributed by atoms with van der Waals surface area (Å²) in [6, 6.07) is 12.5. The summed E-state index contributed by atoms with van der Waals surface area (Å²) in [7, 11) is 0. The number of hydrogen-bond acceptors (Lipinski definition) is 5. The third-order valence-electron chi connectivity index (χ3n) is 4.79. The molecule has 1 aliphatic heterocycles. The Morgan fingerprint density at radius 1 is 1.20 bits per heavy atom. The normalized spacial score (nSPS) is 23.8. The van der Waals surface area contributed by atoms with Crippen molar-refractivity contribution in [2.75, 3.05) is 13.1 Å². The van der Waals surface area contributed by atoms with E-state index in [4.69, 9.17) is 0 Å². The van der Waals surface area contributed by atoms with Gasteiger partial charge in [-0.1, -0.05) is 30.3 Å². The molecule has 2 N–H and O–H groups in total. The number of carbonyl (C=O) groups is 1. The molecule has 1 fully saturated rings. The molecule has 1 aliphatic rings. The van der Waals surface area contributed by atoms with E-state index in [1.54, 1.807) is 35.4 Å². The van der Waals surface area contributed by atoms with Crippen LogP contribution in [0.15, 0.2) is 55.0 Å². The third kappa shape index (κ3) is 2.67. The number of aliphatic hydroxyl groups is 2. The molecular formula is C18H18N4O3. The summed E-state index contributed by atoms with van der Waals surface area (Å²) in [5, 5.41) is 25.4. The second-order valence-electron chi connectivity index (χ2n) is 6.29. The predicted molar refractivity (Wildman–Crippen MR) is 89.9 cm³/mol. The highest BCUT2D eigenvalue weighted by molar-refractivity contribution is 5.94. The van der Waals surface area contributed by atoms with Gasteiger partial charge in [0.25, 0.3) is 5.91 Å². The molecule has 1 amide bonds. The quantitative estimate of drug-likeness (QED) is 0.722. The molecule has 0 unspecified atom stereocenters. The van der Waals surface area contributed by atoms with Gasteiger partial charge in [-0.25, -0.2) is 9.50 Å². The second kappa shape index (κ2) is 5.94. The Hall–Kier alpha value is -2.77. The van der Waals surface area contributed by atoms with Gasteiger partial charge in [-0.2, -0.15) is 5.10 Å². The Morgan fingerprint density at radius 2 is 2.00 bits per heavy atom. The van der Waals surface area contributed by atoms with E-state index in [2.05, 4.69) is 10.1 Å². The Labute approximate surface area is 144 Å². The van der Waals surface area contributed by atoms with Crippen molar-refractivity contribution in [1.82, 2.24) is 19.5 Å². The molecule has 0 radical (unpaired) electrons. The van der Waals surface area contributed by atoms with Gasteiger partial charge in [0, 0.05) is 19.2 Å². The summed E-state index contributed by atoms with van der Waals surface area (Å²) in [4.78, 5) is 18.3. The highest BCUT2D eigenvalue weighted by atomic mass is 16.3. The summed E-state index contributed by atoms with van der Waals surface area (Å²) in [6.07, 6.45) is 2.27. The molecule has 0 aliphatic carbocycles. The Balaban J connectivity index is 1.54. The summed E-state index contributed by atoms with van der Waals surface area (Å²) in [6.45, 7) is 0.427. The van der Waals surface area contributed by atoms with E-state index in [9.17, 15) is 15.0 Å². The lowest BCUT2D eigenvalue weighted by atomic mass is 9.82. The van der Waals surface area contributed by atoms with Crippen LogP contribution in [0.5, 0.6) is 0 Å². The van der Waals surface area contributed by atoms with Crippen LogP contribution < -0.4 is 0 Å². The van der Waals surface area contributed by atoms with Crippen LogP contribution in [0, 0.1) is 0 Å². The highest BCUT2D eigenvalue weighted by Gasteiger charge is 2.43. The SMILES string of the molecule is O=C(c1ccc2ncnn2c1)N1CC[C@](O)(c2ccccc2)[C@@H](O)C1. The first-order chi connectivity index (χ1) is 12.1. The highest BCUT2D eigenvalue weighted by Crippen LogP contribution is 2.33. The van der Waals surface area contributed by atoms with E-state index < -0.39 is 11.7 Å². The average Bonchev–Trinajstić information content (AvgIpc) is 3.12. The van der Waals surface area contributed by atoms with Crippen molar-refractivity contribution in [3.05, 3.63) is 66.1 Å². The molecule has 3 aromatic rings. The van der Waals surface area contributed by atoms with Crippen molar-refractivity contribution in [1.29, 1.82) is 0 Å². The molecule has 2 aromatic heterocycles. The van der Waals surface area contributed by atoms with Gasteiger partial charge in [0.05, 0.1) is 12.1 Å². The predicted octanol–water partition coefficient (Wildman–Crippen LogP) is 0.824. The van der Waals surface area contributed by atoms with Crippen LogP contribution in [0.3, 0.4) is 0 Å². The number of fused-ring (bicyclic) bond motifs is 1. The minimum atomic E-state index is -1.34. The van der Waals surface area contributed by atoms with Gasteiger partial charge in [-0.3, -0.25) is 4.79 Å². The van der Waals surface area contributed by atoms with Gasteiger partial charge in [0.1, 0.15) is 18.0 Å². The molecule has 25 heavy (non-hydrogen) atoms. The molecule has 3 heterocycles. The molecule has 7 nitrogen and oxygen atoms in total. The van der Waals surface area contributed by atoms with Gasteiger partial charge in [-0.05, 0) is 17.7 Å². The van der Waals surface area contributed by atoms with Crippen LogP contribution in [0.1, 0.15) is 22.3 Å². The van der Waals surface area contributed by atoms with Gasteiger partial charge in [0.15, 0.2) is 5.65 Å². The number of likely N-dealkylation sites (tertiary alicyclic amines) is 1. The fourth-order valence-corrected chi connectivity index (χ4v) is 3.30. The van der Waals surface area contributed by atoms with Gasteiger partial charge < -0.3 is 15.1 Å². The zero-order chi connectivity index (χ0) is 17.4. The number of β-amino-alcohol motifs (C(OH)–C–C–N with tert-alkyl or cyclic N) is 1. The minimum Gasteiger partial charge on any atom is -0.388 e. The lowest BCUT2D eigenvalue weighted by Gasteiger charge is -2.42. The number of carbonyl (C=O) groups excluding carboxylic acids is 1. The van der Waals surface area contributed by atoms with Crippen LogP contribution in [-0.4, -0.2) is 54.8 Å². The van der Waals surface area contributed by atoms with Crippen molar-refractivity contribution in [3.63, 3.8) is 0 Å². The fraction of sp³-hybridized carbons (Fsp3) is 0.278. The first-order valence-corrected chi connectivity index (χ1v) is 8.12. The number of hydrogen-bond donors (Lipinski definition) is 2. The molecule has 2 atom stereocenters. The van der Waals surface area contributed by atoms with Crippen molar-refractivity contribution < 1.29 is 15.0 Å². The minimum absolute atomic E-state index is 0.0691. The van der Waals surface area contributed by atoms with Crippen molar-refractivity contribution in [2.24, 2.45) is 0 Å². The maximum Gasteiger partial charge on any atom is 0.255 e. The standard InChI is InChI=1S/C18H18N4O3/c23-15-11-21(9-8-18(15,25)14-4-2-1-3-5-14)17(24)13-6-7-16-19-12-20-22(16)10-13/h1-7,10,12,15,23,25H,8-9,11H2/t15-,18-/m0/s1. The molecule has 7 heteroatoms. The number of piperidine rings is 1. The van der Waals surface area contributed by atoms with E-state index in [-0.39, 0.29) is 18.9 Å². The molecule has 128 valence electrons. The van der Waals surface area contributed by atoms with Gasteiger partial charge in [-0.15, -0.1) is 0 Å². The molecule has 1 aromatic carbocycles. The lowest BCUT2D eigenvalue weighted by Crippen LogP contribution is -2.55. The van der Waals surface area contributed by atoms with Crippen molar-refractivity contribution in [3.8, 4) is 0 Å². The van der Waals surface area contributed by atoms with Crippen molar-refractivity contribution >= 4 is 11.6 Å². The van der Waals surface area contributed by atoms with Crippen LogP contribution in [0.4, 0.5) is 0 Å². The van der Waals surface area contributed by atoms with Gasteiger partial charge >= 0.3 is 0 Å². The maximum absolute atomic E-state index is 12.7. The lowest BCUT2D eigenvalue weighted by molar-refractivity contribution is -0.118. The first kappa shape index (κ1) is 15.7. The van der Waals surface area contributed by atoms with Crippen LogP contribution in [0.25, 0.3) is 5.65 Å². The number of amides is 1. The summed E-state index contributed by atoms with van der Waals surface area (Å²) >= 11 is 0. The summed E-state index contributed by atoms with van der Waals surface area (Å²) in [5.41, 5.74) is 0.455. The zero-order valence-electron chi connectivity index (χ0n) is 13.5. The monoisotopic (exact) mass is 338 g/mol. The molecule has 0 saturated carbocycles. The van der Waals surface area contributed by atoms with Crippen LogP contribution in [-0.2, 0) is 5.60 Å². The van der Waals surface area contributed by atoms with Crippen molar-refractivity contribution in [2.45, 2.75) is 18.1 Å². The fourth-order valence-electron chi connectivity index (χ4n) is 3.30. The molecule has 0 bridgehead atoms. The first-order valence-electron chi connectivity index (χ1n) is 8.12. The number of nitrogens with zero attached hydrogens (tertiary/aromatic N) is 4. The molecule has 4 rings (SSSR count). The number of aliphatic hydroxyl groups excluding tert-OH is 1. The summed E-state index contributed by atoms with van der Waals surface area (Å²) in [5.74, 6) is -0.202. The van der Waals surface area contributed by atoms with Gasteiger partial charge in [0.2, 0.25) is 0 Å². The van der Waals surface area contributed by atoms with E-state index >= 15 is 0 Å². The number of benzene rings is 1. The zero-order valence-corrected chi connectivity index (χ0v) is 13.5. The maximum atomic E-state index is 12.7.